The van der Waals surface area contributed by atoms with E-state index in [1.807, 2.05) is 18.2 Å². The lowest BCUT2D eigenvalue weighted by atomic mass is 9.92. The molecule has 5 nitrogen and oxygen atoms in total. The van der Waals surface area contributed by atoms with Gasteiger partial charge in [0.2, 0.25) is 5.58 Å². The molecule has 0 atom stereocenters. The minimum atomic E-state index is -0.202. The summed E-state index contributed by atoms with van der Waals surface area (Å²) in [5.41, 5.74) is 1.58. The van der Waals surface area contributed by atoms with Crippen LogP contribution in [0.4, 0.5) is 0 Å². The number of furan rings is 1. The van der Waals surface area contributed by atoms with Gasteiger partial charge < -0.3 is 9.40 Å². The molecular weight excluding hydrogens is 358 g/mol. The SMILES string of the molecule is CC(C)(C)N1CC(c2nc3c(oc4ccc(Br)cc43)c(=O)[nH]2)C1. The van der Waals surface area contributed by atoms with Crippen molar-refractivity contribution in [3.63, 3.8) is 0 Å². The molecule has 0 bridgehead atoms. The maximum Gasteiger partial charge on any atom is 0.294 e. The van der Waals surface area contributed by atoms with Gasteiger partial charge in [-0.25, -0.2) is 4.98 Å². The number of likely N-dealkylation sites (tertiary alicyclic amines) is 1. The van der Waals surface area contributed by atoms with Crippen molar-refractivity contribution in [2.24, 2.45) is 0 Å². The highest BCUT2D eigenvalue weighted by Gasteiger charge is 2.36. The smallest absolute Gasteiger partial charge is 0.294 e. The molecular formula is C17H18BrN3O2. The third-order valence-electron chi connectivity index (χ3n) is 4.52. The van der Waals surface area contributed by atoms with Crippen molar-refractivity contribution in [2.75, 3.05) is 13.1 Å². The number of fused-ring (bicyclic) bond motifs is 3. The van der Waals surface area contributed by atoms with Gasteiger partial charge in [0.15, 0.2) is 0 Å². The van der Waals surface area contributed by atoms with E-state index in [-0.39, 0.29) is 17.0 Å². The Hall–Kier alpha value is -1.66. The van der Waals surface area contributed by atoms with Crippen molar-refractivity contribution in [1.29, 1.82) is 0 Å². The average Bonchev–Trinajstić information content (AvgIpc) is 2.74. The molecule has 0 aliphatic carbocycles. The lowest BCUT2D eigenvalue weighted by molar-refractivity contribution is 0.0441. The molecule has 1 saturated heterocycles. The van der Waals surface area contributed by atoms with Gasteiger partial charge in [0.1, 0.15) is 16.9 Å². The number of nitrogens with zero attached hydrogens (tertiary/aromatic N) is 2. The molecule has 3 aromatic rings. The van der Waals surface area contributed by atoms with E-state index in [1.165, 1.54) is 0 Å². The van der Waals surface area contributed by atoms with E-state index in [9.17, 15) is 4.79 Å². The molecule has 0 saturated carbocycles. The predicted octanol–water partition coefficient (Wildman–Crippen LogP) is 3.63. The lowest BCUT2D eigenvalue weighted by Gasteiger charge is -2.47. The number of H-pyrrole nitrogens is 1. The molecule has 2 aromatic heterocycles. The van der Waals surface area contributed by atoms with Crippen molar-refractivity contribution >= 4 is 38.0 Å². The van der Waals surface area contributed by atoms with Crippen LogP contribution in [0.1, 0.15) is 32.5 Å². The quantitative estimate of drug-likeness (QED) is 0.705. The van der Waals surface area contributed by atoms with Crippen LogP contribution >= 0.6 is 15.9 Å². The van der Waals surface area contributed by atoms with E-state index in [0.29, 0.717) is 16.7 Å². The summed E-state index contributed by atoms with van der Waals surface area (Å²) in [6.45, 7) is 8.42. The standard InChI is InChI=1S/C17H18BrN3O2/c1-17(2,3)21-7-9(8-21)15-19-13-11-6-10(18)4-5-12(11)23-14(13)16(22)20-15/h4-6,9H,7-8H2,1-3H3,(H,19,20,22). The molecule has 6 heteroatoms. The topological polar surface area (TPSA) is 62.1 Å². The van der Waals surface area contributed by atoms with Crippen molar-refractivity contribution in [1.82, 2.24) is 14.9 Å². The third kappa shape index (κ3) is 2.40. The zero-order valence-corrected chi connectivity index (χ0v) is 14.9. The number of aromatic amines is 1. The molecule has 0 spiro atoms. The summed E-state index contributed by atoms with van der Waals surface area (Å²) >= 11 is 3.46. The fraction of sp³-hybridized carbons (Fsp3) is 0.412. The zero-order valence-electron chi connectivity index (χ0n) is 13.3. The van der Waals surface area contributed by atoms with Gasteiger partial charge in [0.25, 0.3) is 5.56 Å². The van der Waals surface area contributed by atoms with Crippen LogP contribution in [0.2, 0.25) is 0 Å². The predicted molar refractivity (Wildman–Crippen MR) is 93.9 cm³/mol. The van der Waals surface area contributed by atoms with E-state index < -0.39 is 0 Å². The molecule has 4 rings (SSSR count). The first-order valence-electron chi connectivity index (χ1n) is 7.70. The van der Waals surface area contributed by atoms with Crippen LogP contribution in [0.15, 0.2) is 31.9 Å². The molecule has 0 amide bonds. The number of rotatable bonds is 1. The second-order valence-electron chi connectivity index (χ2n) is 7.14. The summed E-state index contributed by atoms with van der Waals surface area (Å²) in [5, 5.41) is 0.869. The Morgan fingerprint density at radius 3 is 2.78 bits per heavy atom. The Balaban J connectivity index is 1.79. The first-order valence-corrected chi connectivity index (χ1v) is 8.49. The van der Waals surface area contributed by atoms with Gasteiger partial charge in [-0.3, -0.25) is 9.69 Å². The van der Waals surface area contributed by atoms with Crippen LogP contribution in [0.5, 0.6) is 0 Å². The van der Waals surface area contributed by atoms with Crippen LogP contribution in [0.25, 0.3) is 22.1 Å². The minimum absolute atomic E-state index is 0.147. The second-order valence-corrected chi connectivity index (χ2v) is 8.06. The molecule has 1 aliphatic heterocycles. The van der Waals surface area contributed by atoms with Crippen LogP contribution in [-0.4, -0.2) is 33.5 Å². The average molecular weight is 376 g/mol. The van der Waals surface area contributed by atoms with Crippen LogP contribution in [0.3, 0.4) is 0 Å². The van der Waals surface area contributed by atoms with Crippen LogP contribution in [-0.2, 0) is 0 Å². The molecule has 0 unspecified atom stereocenters. The van der Waals surface area contributed by atoms with Crippen LogP contribution < -0.4 is 5.56 Å². The third-order valence-corrected chi connectivity index (χ3v) is 5.01. The summed E-state index contributed by atoms with van der Waals surface area (Å²) in [4.78, 5) is 22.4. The fourth-order valence-electron chi connectivity index (χ4n) is 3.04. The maximum atomic E-state index is 12.4. The molecule has 1 fully saturated rings. The monoisotopic (exact) mass is 375 g/mol. The first kappa shape index (κ1) is 14.9. The molecule has 1 aromatic carbocycles. The van der Waals surface area contributed by atoms with Gasteiger partial charge in [-0.05, 0) is 39.0 Å². The highest BCUT2D eigenvalue weighted by atomic mass is 79.9. The summed E-state index contributed by atoms with van der Waals surface area (Å²) in [6.07, 6.45) is 0. The number of nitrogens with one attached hydrogen (secondary N) is 1. The normalized spacial score (nSPS) is 17.0. The summed E-state index contributed by atoms with van der Waals surface area (Å²) in [6, 6.07) is 5.69. The Kier molecular flexibility index (Phi) is 3.19. The molecule has 120 valence electrons. The molecule has 0 radical (unpaired) electrons. The summed E-state index contributed by atoms with van der Waals surface area (Å²) in [7, 11) is 0. The first-order chi connectivity index (χ1) is 10.8. The Morgan fingerprint density at radius 1 is 1.35 bits per heavy atom. The van der Waals surface area contributed by atoms with Gasteiger partial charge in [-0.2, -0.15) is 0 Å². The zero-order chi connectivity index (χ0) is 16.4. The molecule has 1 N–H and O–H groups in total. The number of benzene rings is 1. The second kappa shape index (κ2) is 4.92. The largest absolute Gasteiger partial charge is 0.449 e. The number of aromatic nitrogens is 2. The Bertz CT molecular complexity index is 962. The summed E-state index contributed by atoms with van der Waals surface area (Å²) in [5.74, 6) is 1.02. The van der Waals surface area contributed by atoms with E-state index >= 15 is 0 Å². The lowest BCUT2D eigenvalue weighted by Crippen LogP contribution is -2.55. The van der Waals surface area contributed by atoms with Gasteiger partial charge in [-0.15, -0.1) is 0 Å². The van der Waals surface area contributed by atoms with Gasteiger partial charge in [0, 0.05) is 34.4 Å². The van der Waals surface area contributed by atoms with E-state index in [4.69, 9.17) is 9.40 Å². The van der Waals surface area contributed by atoms with Gasteiger partial charge >= 0.3 is 0 Å². The van der Waals surface area contributed by atoms with Crippen molar-refractivity contribution in [2.45, 2.75) is 32.2 Å². The Labute approximate surface area is 141 Å². The summed E-state index contributed by atoms with van der Waals surface area (Å²) < 4.78 is 6.61. The van der Waals surface area contributed by atoms with E-state index in [1.54, 1.807) is 0 Å². The number of hydrogen-bond acceptors (Lipinski definition) is 4. The fourth-order valence-corrected chi connectivity index (χ4v) is 3.40. The van der Waals surface area contributed by atoms with Crippen molar-refractivity contribution in [3.05, 3.63) is 38.9 Å². The van der Waals surface area contributed by atoms with Gasteiger partial charge in [-0.1, -0.05) is 15.9 Å². The number of hydrogen-bond donors (Lipinski definition) is 1. The molecule has 3 heterocycles. The highest BCUT2D eigenvalue weighted by molar-refractivity contribution is 9.10. The van der Waals surface area contributed by atoms with E-state index in [2.05, 4.69) is 46.6 Å². The molecule has 1 aliphatic rings. The molecule has 23 heavy (non-hydrogen) atoms. The van der Waals surface area contributed by atoms with Gasteiger partial charge in [0.05, 0.1) is 0 Å². The van der Waals surface area contributed by atoms with E-state index in [0.717, 1.165) is 28.8 Å². The van der Waals surface area contributed by atoms with Crippen molar-refractivity contribution in [3.8, 4) is 0 Å². The van der Waals surface area contributed by atoms with Crippen LogP contribution in [0, 0.1) is 0 Å². The number of halogens is 1. The minimum Gasteiger partial charge on any atom is -0.449 e. The maximum absolute atomic E-state index is 12.4. The van der Waals surface area contributed by atoms with Crippen molar-refractivity contribution < 1.29 is 4.42 Å². The highest BCUT2D eigenvalue weighted by Crippen LogP contribution is 2.33. The Morgan fingerprint density at radius 2 is 2.09 bits per heavy atom.